The highest BCUT2D eigenvalue weighted by Gasteiger charge is 2.18. The van der Waals surface area contributed by atoms with E-state index in [0.29, 0.717) is 21.9 Å². The Morgan fingerprint density at radius 1 is 0.426 bits per heavy atom. The lowest BCUT2D eigenvalue weighted by atomic mass is 10.00. The minimum atomic E-state index is 0.00654. The molecule has 0 amide bonds. The van der Waals surface area contributed by atoms with Crippen LogP contribution in [0.5, 0.6) is 0 Å². The van der Waals surface area contributed by atoms with Gasteiger partial charge in [0.2, 0.25) is 5.43 Å². The van der Waals surface area contributed by atoms with Gasteiger partial charge in [0.15, 0.2) is 0 Å². The minimum Gasteiger partial charge on any atom is -0.456 e. The van der Waals surface area contributed by atoms with Crippen molar-refractivity contribution in [3.05, 3.63) is 150 Å². The van der Waals surface area contributed by atoms with Crippen molar-refractivity contribution in [2.24, 2.45) is 0 Å². The third-order valence-electron chi connectivity index (χ3n) is 9.94. The van der Waals surface area contributed by atoms with Crippen LogP contribution in [0.4, 0.5) is 0 Å². The quantitative estimate of drug-likeness (QED) is 0.181. The van der Waals surface area contributed by atoms with Gasteiger partial charge in [-0.05, 0) is 70.8 Å². The monoisotopic (exact) mass is 617 g/mol. The van der Waals surface area contributed by atoms with E-state index in [2.05, 4.69) is 101 Å². The summed E-state index contributed by atoms with van der Waals surface area (Å²) >= 11 is 1.82. The van der Waals surface area contributed by atoms with Crippen LogP contribution in [0, 0.1) is 0 Å². The van der Waals surface area contributed by atoms with Gasteiger partial charge in [0.1, 0.15) is 11.2 Å². The lowest BCUT2D eigenvalue weighted by Crippen LogP contribution is -2.01. The Balaban J connectivity index is 1.04. The van der Waals surface area contributed by atoms with Gasteiger partial charge in [-0.25, -0.2) is 0 Å². The fraction of sp³-hybridized carbons (Fsp3) is 0. The van der Waals surface area contributed by atoms with E-state index in [9.17, 15) is 4.79 Å². The van der Waals surface area contributed by atoms with Crippen LogP contribution in [0.2, 0.25) is 0 Å². The van der Waals surface area contributed by atoms with Crippen molar-refractivity contribution in [2.45, 2.75) is 0 Å². The van der Waals surface area contributed by atoms with E-state index in [1.54, 1.807) is 0 Å². The van der Waals surface area contributed by atoms with Gasteiger partial charge in [0.05, 0.1) is 27.3 Å². The van der Waals surface area contributed by atoms with E-state index < -0.39 is 0 Å². The lowest BCUT2D eigenvalue weighted by Gasteiger charge is -2.06. The fourth-order valence-corrected chi connectivity index (χ4v) is 8.91. The summed E-state index contributed by atoms with van der Waals surface area (Å²) < 4.78 is 11.1. The Morgan fingerprint density at radius 3 is 1.70 bits per heavy atom. The van der Waals surface area contributed by atoms with Crippen LogP contribution in [0.1, 0.15) is 0 Å². The van der Waals surface area contributed by atoms with E-state index in [1.807, 2.05) is 53.8 Å². The first-order valence-corrected chi connectivity index (χ1v) is 16.6. The third kappa shape index (κ3) is 3.42. The zero-order valence-electron chi connectivity index (χ0n) is 25.0. The van der Waals surface area contributed by atoms with E-state index in [0.717, 1.165) is 11.1 Å². The number of thiophene rings is 1. The molecule has 218 valence electrons. The lowest BCUT2D eigenvalue weighted by molar-refractivity contribution is 0.660. The topological polar surface area (TPSA) is 34.6 Å². The van der Waals surface area contributed by atoms with E-state index in [1.165, 1.54) is 69.4 Å². The molecule has 4 heterocycles. The van der Waals surface area contributed by atoms with Crippen LogP contribution >= 0.6 is 11.3 Å². The molecule has 0 atom stereocenters. The standard InChI is InChI=1S/C43H23NO2S/c45-43-34-7-2-4-11-38(34)46-39-21-25(15-19-35(39)43)27-14-18-31-30-17-13-26(22-40(30)47-41(31)23-27)24-12-16-29-33-9-5-8-32-28-6-1-3-10-36(28)44(42(32)33)37(29)20-24/h1-23H. The number of benzene rings is 7. The SMILES string of the molecule is O=c1c2ccccc2oc2cc(-c3ccc4c(c3)sc3cc(-c5ccc6c7cccc8c9ccccc9n(c6c5)c87)ccc34)ccc12. The van der Waals surface area contributed by atoms with Crippen molar-refractivity contribution in [1.29, 1.82) is 0 Å². The zero-order chi connectivity index (χ0) is 30.8. The predicted octanol–water partition coefficient (Wildman–Crippen LogP) is 11.8. The second kappa shape index (κ2) is 9.06. The van der Waals surface area contributed by atoms with Crippen LogP contribution in [0.3, 0.4) is 0 Å². The summed E-state index contributed by atoms with van der Waals surface area (Å²) in [4.78, 5) is 13.1. The van der Waals surface area contributed by atoms with Crippen molar-refractivity contribution in [1.82, 2.24) is 4.40 Å². The molecule has 0 saturated heterocycles. The van der Waals surface area contributed by atoms with Crippen LogP contribution in [0.15, 0.2) is 149 Å². The molecule has 3 nitrogen and oxygen atoms in total. The van der Waals surface area contributed by atoms with Crippen LogP contribution in [0.25, 0.3) is 102 Å². The van der Waals surface area contributed by atoms with Crippen molar-refractivity contribution in [2.75, 3.05) is 0 Å². The van der Waals surface area contributed by atoms with Gasteiger partial charge in [-0.3, -0.25) is 4.79 Å². The van der Waals surface area contributed by atoms with Crippen molar-refractivity contribution >= 4 is 91.5 Å². The highest BCUT2D eigenvalue weighted by atomic mass is 32.1. The summed E-state index contributed by atoms with van der Waals surface area (Å²) in [7, 11) is 0. The first kappa shape index (κ1) is 25.2. The predicted molar refractivity (Wildman–Crippen MR) is 198 cm³/mol. The smallest absolute Gasteiger partial charge is 0.200 e. The number of fused-ring (bicyclic) bond motifs is 11. The van der Waals surface area contributed by atoms with Gasteiger partial charge in [0, 0.05) is 41.7 Å². The summed E-state index contributed by atoms with van der Waals surface area (Å²) in [5.41, 5.74) is 9.59. The number of hydrogen-bond acceptors (Lipinski definition) is 3. The second-order valence-corrected chi connectivity index (χ2v) is 13.5. The molecule has 0 fully saturated rings. The summed E-state index contributed by atoms with van der Waals surface area (Å²) in [6.07, 6.45) is 0. The summed E-state index contributed by atoms with van der Waals surface area (Å²) in [6, 6.07) is 49.1. The molecular formula is C43H23NO2S. The zero-order valence-corrected chi connectivity index (χ0v) is 25.8. The van der Waals surface area contributed by atoms with E-state index in [4.69, 9.17) is 4.42 Å². The Morgan fingerprint density at radius 2 is 0.957 bits per heavy atom. The largest absolute Gasteiger partial charge is 0.456 e. The van der Waals surface area contributed by atoms with Gasteiger partial charge in [-0.2, -0.15) is 0 Å². The van der Waals surface area contributed by atoms with Gasteiger partial charge in [-0.1, -0.05) is 91.0 Å². The number of hydrogen-bond donors (Lipinski definition) is 0. The van der Waals surface area contributed by atoms with Gasteiger partial charge < -0.3 is 8.82 Å². The first-order chi connectivity index (χ1) is 23.2. The number of aromatic nitrogens is 1. The van der Waals surface area contributed by atoms with Crippen LogP contribution in [-0.4, -0.2) is 4.40 Å². The minimum absolute atomic E-state index is 0.00654. The van der Waals surface area contributed by atoms with Gasteiger partial charge >= 0.3 is 0 Å². The molecule has 0 spiro atoms. The molecule has 0 aliphatic rings. The molecule has 7 aromatic carbocycles. The summed E-state index contributed by atoms with van der Waals surface area (Å²) in [5, 5.41) is 8.94. The average molecular weight is 618 g/mol. The van der Waals surface area contributed by atoms with E-state index >= 15 is 0 Å². The number of para-hydroxylation sites is 3. The second-order valence-electron chi connectivity index (χ2n) is 12.4. The van der Waals surface area contributed by atoms with Crippen molar-refractivity contribution in [3.8, 4) is 22.3 Å². The normalized spacial score (nSPS) is 12.3. The van der Waals surface area contributed by atoms with Crippen LogP contribution in [-0.2, 0) is 0 Å². The third-order valence-corrected chi connectivity index (χ3v) is 11.1. The first-order valence-electron chi connectivity index (χ1n) is 15.8. The van der Waals surface area contributed by atoms with Crippen LogP contribution < -0.4 is 5.43 Å². The highest BCUT2D eigenvalue weighted by Crippen LogP contribution is 2.42. The molecule has 11 rings (SSSR count). The summed E-state index contributed by atoms with van der Waals surface area (Å²) in [5.74, 6) is 0. The van der Waals surface area contributed by atoms with Gasteiger partial charge in [-0.15, -0.1) is 11.3 Å². The maximum Gasteiger partial charge on any atom is 0.200 e. The molecule has 4 heteroatoms. The fourth-order valence-electron chi connectivity index (χ4n) is 7.73. The molecular weight excluding hydrogens is 595 g/mol. The highest BCUT2D eigenvalue weighted by molar-refractivity contribution is 7.25. The molecule has 0 aliphatic carbocycles. The molecule has 0 radical (unpaired) electrons. The molecule has 0 N–H and O–H groups in total. The number of rotatable bonds is 2. The number of nitrogens with zero attached hydrogens (tertiary/aromatic N) is 1. The maximum atomic E-state index is 13.1. The Labute approximate surface area is 271 Å². The molecule has 0 bridgehead atoms. The maximum absolute atomic E-state index is 13.1. The van der Waals surface area contributed by atoms with E-state index in [-0.39, 0.29) is 5.43 Å². The Bertz CT molecular complexity index is 3160. The Hall–Kier alpha value is -5.97. The molecule has 47 heavy (non-hydrogen) atoms. The Kier molecular flexibility index (Phi) is 4.87. The molecule has 0 saturated carbocycles. The van der Waals surface area contributed by atoms with Gasteiger partial charge in [0.25, 0.3) is 0 Å². The summed E-state index contributed by atoms with van der Waals surface area (Å²) in [6.45, 7) is 0. The average Bonchev–Trinajstić information content (AvgIpc) is 3.77. The van der Waals surface area contributed by atoms with Crippen molar-refractivity contribution in [3.63, 3.8) is 0 Å². The molecule has 0 aliphatic heterocycles. The molecule has 11 aromatic rings. The van der Waals surface area contributed by atoms with Crippen molar-refractivity contribution < 1.29 is 4.42 Å². The molecule has 0 unspecified atom stereocenters. The molecule has 4 aromatic heterocycles.